The fourth-order valence-corrected chi connectivity index (χ4v) is 3.48. The highest BCUT2D eigenvalue weighted by Crippen LogP contribution is 2.32. The second-order valence-electron chi connectivity index (χ2n) is 7.41. The van der Waals surface area contributed by atoms with E-state index < -0.39 is 0 Å². The molecule has 0 aliphatic carbocycles. The maximum Gasteiger partial charge on any atom is 0.255 e. The molecule has 9 nitrogen and oxygen atoms in total. The van der Waals surface area contributed by atoms with E-state index in [2.05, 4.69) is 32.5 Å². The molecule has 4 rings (SSSR count). The molecule has 2 heterocycles. The number of aryl methyl sites for hydroxylation is 2. The van der Waals surface area contributed by atoms with Gasteiger partial charge in [0.25, 0.3) is 5.91 Å². The van der Waals surface area contributed by atoms with Crippen LogP contribution in [0.25, 0.3) is 11.0 Å². The van der Waals surface area contributed by atoms with Gasteiger partial charge in [0.15, 0.2) is 0 Å². The Balaban J connectivity index is 1.58. The predicted octanol–water partition coefficient (Wildman–Crippen LogP) is 4.86. The molecule has 3 N–H and O–H groups in total. The zero-order valence-corrected chi connectivity index (χ0v) is 18.9. The number of rotatable bonds is 7. The molecule has 4 aromatic rings. The Bertz CT molecular complexity index is 1410. The number of carbonyl (C=O) groups excluding carboxylic acids is 2. The molecule has 0 bridgehead atoms. The summed E-state index contributed by atoms with van der Waals surface area (Å²) in [4.78, 5) is 32.6. The predicted molar refractivity (Wildman–Crippen MR) is 130 cm³/mol. The second-order valence-corrected chi connectivity index (χ2v) is 7.41. The van der Waals surface area contributed by atoms with E-state index in [1.54, 1.807) is 50.5 Å². The summed E-state index contributed by atoms with van der Waals surface area (Å²) in [6.07, 6.45) is 2.76. The second kappa shape index (κ2) is 9.45. The summed E-state index contributed by atoms with van der Waals surface area (Å²) in [6.45, 7) is 7.13. The van der Waals surface area contributed by atoms with E-state index in [4.69, 9.17) is 9.15 Å². The Hall–Kier alpha value is -4.66. The summed E-state index contributed by atoms with van der Waals surface area (Å²) in [5, 5.41) is 9.23. The lowest BCUT2D eigenvalue weighted by Gasteiger charge is -2.14. The molecule has 34 heavy (non-hydrogen) atoms. The van der Waals surface area contributed by atoms with Gasteiger partial charge in [-0.25, -0.2) is 4.98 Å². The first-order valence-corrected chi connectivity index (χ1v) is 10.5. The molecule has 0 aliphatic heterocycles. The normalized spacial score (nSPS) is 10.6. The molecule has 0 radical (unpaired) electrons. The molecular weight excluding hydrogens is 434 g/mol. The first kappa shape index (κ1) is 22.5. The highest BCUT2D eigenvalue weighted by atomic mass is 16.5. The lowest BCUT2D eigenvalue weighted by atomic mass is 10.1. The molecule has 9 heteroatoms. The van der Waals surface area contributed by atoms with Gasteiger partial charge in [0, 0.05) is 30.8 Å². The van der Waals surface area contributed by atoms with Gasteiger partial charge in [-0.05, 0) is 43.7 Å². The summed E-state index contributed by atoms with van der Waals surface area (Å²) in [7, 11) is 1.58. The molecule has 0 atom stereocenters. The molecule has 0 saturated heterocycles. The van der Waals surface area contributed by atoms with Crippen molar-refractivity contribution in [1.29, 1.82) is 0 Å². The van der Waals surface area contributed by atoms with E-state index in [0.29, 0.717) is 45.3 Å². The van der Waals surface area contributed by atoms with Gasteiger partial charge in [-0.3, -0.25) is 9.59 Å². The Labute approximate surface area is 195 Å². The van der Waals surface area contributed by atoms with Gasteiger partial charge in [0.2, 0.25) is 17.7 Å². The van der Waals surface area contributed by atoms with Crippen LogP contribution in [0.3, 0.4) is 0 Å². The third kappa shape index (κ3) is 4.58. The van der Waals surface area contributed by atoms with Crippen LogP contribution in [0, 0.1) is 13.8 Å². The number of para-hydroxylation sites is 1. The minimum Gasteiger partial charge on any atom is -0.460 e. The van der Waals surface area contributed by atoms with Gasteiger partial charge in [0.1, 0.15) is 17.1 Å². The van der Waals surface area contributed by atoms with Crippen LogP contribution in [0.5, 0.6) is 11.6 Å². The number of amides is 2. The minimum absolute atomic E-state index is 0.212. The molecule has 0 saturated carbocycles. The van der Waals surface area contributed by atoms with Crippen LogP contribution < -0.4 is 20.7 Å². The standard InChI is InChI=1S/C25H23N5O4/c1-5-20(31)28-18-8-6-7-14(2)23(18)30-25-27-12-11-21(29-25)34-16-9-10-17-19(13-16)33-15(3)22(17)24(32)26-4/h5-13H,1H2,2-4H3,(H,26,32)(H,28,31)(H,27,29,30). The third-order valence-electron chi connectivity index (χ3n) is 5.10. The number of anilines is 3. The number of fused-ring (bicyclic) bond motifs is 1. The Morgan fingerprint density at radius 2 is 1.97 bits per heavy atom. The molecule has 0 aliphatic rings. The Kier molecular flexibility index (Phi) is 6.26. The summed E-state index contributed by atoms with van der Waals surface area (Å²) >= 11 is 0. The van der Waals surface area contributed by atoms with Crippen molar-refractivity contribution >= 4 is 40.1 Å². The van der Waals surface area contributed by atoms with Gasteiger partial charge in [-0.2, -0.15) is 4.98 Å². The monoisotopic (exact) mass is 457 g/mol. The van der Waals surface area contributed by atoms with Crippen molar-refractivity contribution in [1.82, 2.24) is 15.3 Å². The van der Waals surface area contributed by atoms with E-state index in [-0.39, 0.29) is 17.8 Å². The van der Waals surface area contributed by atoms with Gasteiger partial charge in [-0.1, -0.05) is 18.7 Å². The number of nitrogens with one attached hydrogen (secondary N) is 3. The van der Waals surface area contributed by atoms with Crippen LogP contribution in [0.4, 0.5) is 17.3 Å². The number of carbonyl (C=O) groups is 2. The number of benzene rings is 2. The summed E-state index contributed by atoms with van der Waals surface area (Å²) in [5.41, 5.74) is 3.15. The molecule has 2 amide bonds. The van der Waals surface area contributed by atoms with Crippen molar-refractivity contribution in [3.8, 4) is 11.6 Å². The lowest BCUT2D eigenvalue weighted by molar-refractivity contribution is -0.111. The van der Waals surface area contributed by atoms with E-state index >= 15 is 0 Å². The molecule has 2 aromatic carbocycles. The van der Waals surface area contributed by atoms with Gasteiger partial charge in [-0.15, -0.1) is 0 Å². The topological polar surface area (TPSA) is 118 Å². The zero-order chi connectivity index (χ0) is 24.2. The van der Waals surface area contributed by atoms with E-state index in [1.807, 2.05) is 19.1 Å². The van der Waals surface area contributed by atoms with E-state index in [9.17, 15) is 9.59 Å². The van der Waals surface area contributed by atoms with Crippen LogP contribution in [-0.4, -0.2) is 28.8 Å². The smallest absolute Gasteiger partial charge is 0.255 e. The van der Waals surface area contributed by atoms with Crippen molar-refractivity contribution in [2.45, 2.75) is 13.8 Å². The molecule has 172 valence electrons. The fraction of sp³-hybridized carbons (Fsp3) is 0.120. The number of ether oxygens (including phenoxy) is 1. The maximum absolute atomic E-state index is 12.1. The van der Waals surface area contributed by atoms with Crippen LogP contribution >= 0.6 is 0 Å². The molecule has 0 unspecified atom stereocenters. The third-order valence-corrected chi connectivity index (χ3v) is 5.10. The number of hydrogen-bond donors (Lipinski definition) is 3. The first-order chi connectivity index (χ1) is 16.4. The van der Waals surface area contributed by atoms with Crippen molar-refractivity contribution in [2.75, 3.05) is 17.7 Å². The van der Waals surface area contributed by atoms with Gasteiger partial charge in [0.05, 0.1) is 16.9 Å². The van der Waals surface area contributed by atoms with Gasteiger partial charge < -0.3 is 25.1 Å². The van der Waals surface area contributed by atoms with Crippen molar-refractivity contribution < 1.29 is 18.7 Å². The Morgan fingerprint density at radius 1 is 1.15 bits per heavy atom. The molecule has 0 spiro atoms. The van der Waals surface area contributed by atoms with E-state index in [1.165, 1.54) is 6.08 Å². The minimum atomic E-state index is -0.324. The fourth-order valence-electron chi connectivity index (χ4n) is 3.48. The maximum atomic E-state index is 12.1. The quantitative estimate of drug-likeness (QED) is 0.339. The average molecular weight is 457 g/mol. The largest absolute Gasteiger partial charge is 0.460 e. The SMILES string of the molecule is C=CC(=O)Nc1cccc(C)c1Nc1nccc(Oc2ccc3c(C(=O)NC)c(C)oc3c2)n1. The van der Waals surface area contributed by atoms with Gasteiger partial charge >= 0.3 is 0 Å². The van der Waals surface area contributed by atoms with Crippen molar-refractivity contribution in [3.63, 3.8) is 0 Å². The number of hydrogen-bond acceptors (Lipinski definition) is 7. The van der Waals surface area contributed by atoms with Crippen molar-refractivity contribution in [3.05, 3.63) is 78.2 Å². The summed E-state index contributed by atoms with van der Waals surface area (Å²) < 4.78 is 11.7. The highest BCUT2D eigenvalue weighted by molar-refractivity contribution is 6.07. The van der Waals surface area contributed by atoms with Crippen LogP contribution in [0.15, 0.2) is 65.7 Å². The van der Waals surface area contributed by atoms with Crippen LogP contribution in [-0.2, 0) is 4.79 Å². The highest BCUT2D eigenvalue weighted by Gasteiger charge is 2.18. The number of nitrogens with zero attached hydrogens (tertiary/aromatic N) is 2. The molecular formula is C25H23N5O4. The van der Waals surface area contributed by atoms with Crippen LogP contribution in [0.2, 0.25) is 0 Å². The zero-order valence-electron chi connectivity index (χ0n) is 18.9. The lowest BCUT2D eigenvalue weighted by Crippen LogP contribution is -2.18. The van der Waals surface area contributed by atoms with Crippen molar-refractivity contribution in [2.24, 2.45) is 0 Å². The first-order valence-electron chi connectivity index (χ1n) is 10.5. The number of furan rings is 1. The average Bonchev–Trinajstić information content (AvgIpc) is 3.15. The number of aromatic nitrogens is 2. The van der Waals surface area contributed by atoms with E-state index in [0.717, 1.165) is 5.56 Å². The Morgan fingerprint density at radius 3 is 2.74 bits per heavy atom. The van der Waals surface area contributed by atoms with Crippen LogP contribution in [0.1, 0.15) is 21.7 Å². The molecule has 0 fully saturated rings. The summed E-state index contributed by atoms with van der Waals surface area (Å²) in [5.74, 6) is 1.07. The summed E-state index contributed by atoms with van der Waals surface area (Å²) in [6, 6.07) is 12.3. The molecule has 2 aromatic heterocycles.